The fourth-order valence-electron chi connectivity index (χ4n) is 2.67. The Kier molecular flexibility index (Phi) is 5.16. The van der Waals surface area contributed by atoms with E-state index in [0.717, 1.165) is 10.9 Å². The zero-order valence-corrected chi connectivity index (χ0v) is 13.3. The number of hydrogen-bond acceptors (Lipinski definition) is 2. The SMILES string of the molecule is CC(C)C(NCc1c(F)cccc1Br)C1CCC(=O)N1. The van der Waals surface area contributed by atoms with E-state index >= 15 is 0 Å². The largest absolute Gasteiger partial charge is 0.352 e. The van der Waals surface area contributed by atoms with Crippen LogP contribution in [0.3, 0.4) is 0 Å². The molecule has 3 nitrogen and oxygen atoms in total. The summed E-state index contributed by atoms with van der Waals surface area (Å²) in [4.78, 5) is 11.4. The molecule has 1 aliphatic heterocycles. The van der Waals surface area contributed by atoms with Crippen LogP contribution in [0.5, 0.6) is 0 Å². The molecule has 5 heteroatoms. The Morgan fingerprint density at radius 3 is 2.80 bits per heavy atom. The molecule has 1 heterocycles. The summed E-state index contributed by atoms with van der Waals surface area (Å²) in [5, 5.41) is 6.39. The highest BCUT2D eigenvalue weighted by molar-refractivity contribution is 9.10. The summed E-state index contributed by atoms with van der Waals surface area (Å²) in [5.74, 6) is 0.253. The molecular weight excluding hydrogens is 323 g/mol. The van der Waals surface area contributed by atoms with Gasteiger partial charge in [-0.3, -0.25) is 4.79 Å². The van der Waals surface area contributed by atoms with E-state index in [-0.39, 0.29) is 23.8 Å². The van der Waals surface area contributed by atoms with E-state index < -0.39 is 0 Å². The average molecular weight is 343 g/mol. The van der Waals surface area contributed by atoms with Crippen LogP contribution in [0.15, 0.2) is 22.7 Å². The Morgan fingerprint density at radius 1 is 1.50 bits per heavy atom. The Bertz CT molecular complexity index is 473. The van der Waals surface area contributed by atoms with Crippen LogP contribution in [0.2, 0.25) is 0 Å². The van der Waals surface area contributed by atoms with Crippen molar-refractivity contribution in [3.63, 3.8) is 0 Å². The number of halogens is 2. The molecule has 2 unspecified atom stereocenters. The van der Waals surface area contributed by atoms with Crippen molar-refractivity contribution < 1.29 is 9.18 Å². The molecule has 0 aliphatic carbocycles. The molecule has 20 heavy (non-hydrogen) atoms. The van der Waals surface area contributed by atoms with Gasteiger partial charge < -0.3 is 10.6 Å². The summed E-state index contributed by atoms with van der Waals surface area (Å²) in [6, 6.07) is 5.26. The van der Waals surface area contributed by atoms with Crippen LogP contribution in [-0.2, 0) is 11.3 Å². The van der Waals surface area contributed by atoms with Crippen molar-refractivity contribution >= 4 is 21.8 Å². The molecule has 1 aromatic rings. The maximum absolute atomic E-state index is 13.8. The van der Waals surface area contributed by atoms with Crippen LogP contribution in [0.25, 0.3) is 0 Å². The summed E-state index contributed by atoms with van der Waals surface area (Å²) in [6.07, 6.45) is 1.42. The van der Waals surface area contributed by atoms with E-state index in [9.17, 15) is 9.18 Å². The highest BCUT2D eigenvalue weighted by Gasteiger charge is 2.30. The summed E-state index contributed by atoms with van der Waals surface area (Å²) >= 11 is 3.38. The van der Waals surface area contributed by atoms with Gasteiger partial charge in [-0.1, -0.05) is 35.8 Å². The van der Waals surface area contributed by atoms with Gasteiger partial charge in [-0.05, 0) is 24.5 Å². The van der Waals surface area contributed by atoms with Crippen molar-refractivity contribution in [2.45, 2.75) is 45.3 Å². The summed E-state index contributed by atoms with van der Waals surface area (Å²) in [6.45, 7) is 4.67. The van der Waals surface area contributed by atoms with E-state index in [4.69, 9.17) is 0 Å². The monoisotopic (exact) mass is 342 g/mol. The van der Waals surface area contributed by atoms with Crippen molar-refractivity contribution in [1.82, 2.24) is 10.6 Å². The van der Waals surface area contributed by atoms with E-state index in [1.165, 1.54) is 6.07 Å². The molecule has 0 bridgehead atoms. The molecule has 0 saturated carbocycles. The number of rotatable bonds is 5. The van der Waals surface area contributed by atoms with Gasteiger partial charge in [0.25, 0.3) is 0 Å². The maximum Gasteiger partial charge on any atom is 0.220 e. The lowest BCUT2D eigenvalue weighted by Gasteiger charge is -2.28. The van der Waals surface area contributed by atoms with Gasteiger partial charge >= 0.3 is 0 Å². The van der Waals surface area contributed by atoms with Crippen molar-refractivity contribution in [1.29, 1.82) is 0 Å². The molecule has 1 fully saturated rings. The number of hydrogen-bond donors (Lipinski definition) is 2. The van der Waals surface area contributed by atoms with Gasteiger partial charge in [-0.2, -0.15) is 0 Å². The molecule has 1 aliphatic rings. The van der Waals surface area contributed by atoms with Crippen molar-refractivity contribution in [2.75, 3.05) is 0 Å². The zero-order valence-electron chi connectivity index (χ0n) is 11.7. The summed E-state index contributed by atoms with van der Waals surface area (Å²) in [5.41, 5.74) is 0.627. The Hall–Kier alpha value is -0.940. The fourth-order valence-corrected chi connectivity index (χ4v) is 3.15. The van der Waals surface area contributed by atoms with Crippen LogP contribution in [-0.4, -0.2) is 18.0 Å². The topological polar surface area (TPSA) is 41.1 Å². The quantitative estimate of drug-likeness (QED) is 0.863. The highest BCUT2D eigenvalue weighted by atomic mass is 79.9. The second-order valence-electron chi connectivity index (χ2n) is 5.56. The molecule has 0 radical (unpaired) electrons. The summed E-state index contributed by atoms with van der Waals surface area (Å²) in [7, 11) is 0. The smallest absolute Gasteiger partial charge is 0.220 e. The van der Waals surface area contributed by atoms with Gasteiger partial charge in [0, 0.05) is 35.1 Å². The predicted octanol–water partition coefficient (Wildman–Crippen LogP) is 2.98. The first-order valence-corrected chi connectivity index (χ1v) is 7.74. The van der Waals surface area contributed by atoms with Crippen LogP contribution < -0.4 is 10.6 Å². The first-order valence-electron chi connectivity index (χ1n) is 6.94. The van der Waals surface area contributed by atoms with Gasteiger partial charge in [-0.25, -0.2) is 4.39 Å². The minimum Gasteiger partial charge on any atom is -0.352 e. The van der Waals surface area contributed by atoms with Crippen LogP contribution in [0.1, 0.15) is 32.3 Å². The fraction of sp³-hybridized carbons (Fsp3) is 0.533. The predicted molar refractivity (Wildman–Crippen MR) is 80.7 cm³/mol. The van der Waals surface area contributed by atoms with E-state index in [0.29, 0.717) is 24.4 Å². The normalized spacial score (nSPS) is 20.2. The molecule has 0 spiro atoms. The number of carbonyl (C=O) groups excluding carboxylic acids is 1. The van der Waals surface area contributed by atoms with Crippen LogP contribution in [0.4, 0.5) is 4.39 Å². The zero-order chi connectivity index (χ0) is 14.7. The molecule has 1 saturated heterocycles. The third-order valence-electron chi connectivity index (χ3n) is 3.76. The van der Waals surface area contributed by atoms with E-state index in [1.807, 2.05) is 6.07 Å². The second kappa shape index (κ2) is 6.68. The highest BCUT2D eigenvalue weighted by Crippen LogP contribution is 2.21. The van der Waals surface area contributed by atoms with Crippen LogP contribution in [0, 0.1) is 11.7 Å². The maximum atomic E-state index is 13.8. The number of amides is 1. The minimum atomic E-state index is -0.218. The first-order chi connectivity index (χ1) is 9.49. The average Bonchev–Trinajstić information content (AvgIpc) is 2.79. The van der Waals surface area contributed by atoms with Crippen LogP contribution >= 0.6 is 15.9 Å². The van der Waals surface area contributed by atoms with E-state index in [1.54, 1.807) is 6.07 Å². The molecule has 2 N–H and O–H groups in total. The lowest BCUT2D eigenvalue weighted by atomic mass is 9.95. The van der Waals surface area contributed by atoms with Gasteiger partial charge in [0.05, 0.1) is 0 Å². The Morgan fingerprint density at radius 2 is 2.25 bits per heavy atom. The standard InChI is InChI=1S/C15H20BrFN2O/c1-9(2)15(13-6-7-14(20)19-13)18-8-10-11(16)4-3-5-12(10)17/h3-5,9,13,15,18H,6-8H2,1-2H3,(H,19,20). The minimum absolute atomic E-state index is 0.106. The lowest BCUT2D eigenvalue weighted by molar-refractivity contribution is -0.119. The van der Waals surface area contributed by atoms with Gasteiger partial charge in [0.15, 0.2) is 0 Å². The molecule has 0 aromatic heterocycles. The second-order valence-corrected chi connectivity index (χ2v) is 6.42. The lowest BCUT2D eigenvalue weighted by Crippen LogP contribution is -2.48. The molecule has 110 valence electrons. The van der Waals surface area contributed by atoms with Gasteiger partial charge in [0.1, 0.15) is 5.82 Å². The van der Waals surface area contributed by atoms with Crippen molar-refractivity contribution in [3.05, 3.63) is 34.1 Å². The van der Waals surface area contributed by atoms with Crippen molar-refractivity contribution in [2.24, 2.45) is 5.92 Å². The summed E-state index contributed by atoms with van der Waals surface area (Å²) < 4.78 is 14.6. The van der Waals surface area contributed by atoms with Gasteiger partial charge in [0.2, 0.25) is 5.91 Å². The number of benzene rings is 1. The Labute approximate surface area is 127 Å². The molecule has 2 atom stereocenters. The molecular formula is C15H20BrFN2O. The first kappa shape index (κ1) is 15.4. The van der Waals surface area contributed by atoms with E-state index in [2.05, 4.69) is 40.4 Å². The number of carbonyl (C=O) groups is 1. The van der Waals surface area contributed by atoms with Crippen molar-refractivity contribution in [3.8, 4) is 0 Å². The Balaban J connectivity index is 2.04. The number of nitrogens with one attached hydrogen (secondary N) is 2. The third-order valence-corrected chi connectivity index (χ3v) is 4.50. The molecule has 1 amide bonds. The third kappa shape index (κ3) is 3.58. The molecule has 1 aromatic carbocycles. The van der Waals surface area contributed by atoms with Gasteiger partial charge in [-0.15, -0.1) is 0 Å². The molecule has 2 rings (SSSR count).